The fourth-order valence-corrected chi connectivity index (χ4v) is 2.68. The second kappa shape index (κ2) is 9.54. The van der Waals surface area contributed by atoms with Crippen LogP contribution in [0.3, 0.4) is 0 Å². The van der Waals surface area contributed by atoms with E-state index < -0.39 is 5.91 Å². The molecular formula is C22H21FN2O4. The van der Waals surface area contributed by atoms with E-state index in [0.29, 0.717) is 34.9 Å². The van der Waals surface area contributed by atoms with Gasteiger partial charge in [0.15, 0.2) is 0 Å². The molecular weight excluding hydrogens is 375 g/mol. The zero-order chi connectivity index (χ0) is 20.6. The molecule has 150 valence electrons. The molecule has 0 atom stereocenters. The zero-order valence-corrected chi connectivity index (χ0v) is 15.7. The third kappa shape index (κ3) is 5.93. The number of hydrogen-bond acceptors (Lipinski definition) is 4. The van der Waals surface area contributed by atoms with Gasteiger partial charge in [0, 0.05) is 18.5 Å². The number of nitrogens with two attached hydrogens (primary N) is 1. The summed E-state index contributed by atoms with van der Waals surface area (Å²) in [6, 6.07) is 16.6. The summed E-state index contributed by atoms with van der Waals surface area (Å²) in [5, 5.41) is 2.79. The van der Waals surface area contributed by atoms with Crippen molar-refractivity contribution < 1.29 is 23.1 Å². The van der Waals surface area contributed by atoms with Crippen LogP contribution in [0.4, 0.5) is 10.1 Å². The van der Waals surface area contributed by atoms with Gasteiger partial charge in [-0.1, -0.05) is 12.1 Å². The summed E-state index contributed by atoms with van der Waals surface area (Å²) in [4.78, 5) is 22.8. The van der Waals surface area contributed by atoms with Crippen LogP contribution in [0.5, 0.6) is 5.75 Å². The van der Waals surface area contributed by atoms with Crippen molar-refractivity contribution in [3.05, 3.63) is 72.2 Å². The second-order valence-electron chi connectivity index (χ2n) is 6.38. The van der Waals surface area contributed by atoms with Gasteiger partial charge in [-0.15, -0.1) is 0 Å². The number of hydrogen-bond donors (Lipinski definition) is 2. The molecule has 29 heavy (non-hydrogen) atoms. The van der Waals surface area contributed by atoms with E-state index >= 15 is 0 Å². The van der Waals surface area contributed by atoms with Crippen LogP contribution in [0.1, 0.15) is 18.6 Å². The number of carbonyl (C=O) groups is 2. The minimum Gasteiger partial charge on any atom is -0.493 e. The molecule has 3 aromatic rings. The summed E-state index contributed by atoms with van der Waals surface area (Å²) in [6.45, 7) is 0.207. The number of aryl methyl sites for hydroxylation is 1. The number of anilines is 1. The van der Waals surface area contributed by atoms with E-state index in [1.807, 2.05) is 0 Å². The zero-order valence-electron chi connectivity index (χ0n) is 15.7. The molecule has 0 aliphatic carbocycles. The van der Waals surface area contributed by atoms with Crippen LogP contribution < -0.4 is 15.8 Å². The Balaban J connectivity index is 1.48. The molecule has 0 aliphatic rings. The quantitative estimate of drug-likeness (QED) is 0.573. The summed E-state index contributed by atoms with van der Waals surface area (Å²) in [7, 11) is 0. The van der Waals surface area contributed by atoms with E-state index in [9.17, 15) is 14.0 Å². The molecule has 0 fully saturated rings. The molecule has 3 rings (SSSR count). The summed E-state index contributed by atoms with van der Waals surface area (Å²) in [5.74, 6) is 0.679. The number of primary amides is 1. The highest BCUT2D eigenvalue weighted by Crippen LogP contribution is 2.25. The second-order valence-corrected chi connectivity index (χ2v) is 6.38. The Morgan fingerprint density at radius 1 is 1.00 bits per heavy atom. The normalized spacial score (nSPS) is 10.5. The van der Waals surface area contributed by atoms with Crippen molar-refractivity contribution in [1.29, 1.82) is 0 Å². The van der Waals surface area contributed by atoms with Crippen LogP contribution in [0, 0.1) is 5.82 Å². The highest BCUT2D eigenvalue weighted by atomic mass is 19.1. The van der Waals surface area contributed by atoms with Gasteiger partial charge in [-0.05, 0) is 48.5 Å². The van der Waals surface area contributed by atoms with Gasteiger partial charge >= 0.3 is 0 Å². The molecule has 2 amide bonds. The van der Waals surface area contributed by atoms with Gasteiger partial charge in [0.25, 0.3) is 0 Å². The molecule has 1 aromatic heterocycles. The van der Waals surface area contributed by atoms with Crippen molar-refractivity contribution in [3.63, 3.8) is 0 Å². The van der Waals surface area contributed by atoms with Crippen molar-refractivity contribution >= 4 is 17.5 Å². The maximum Gasteiger partial charge on any atom is 0.224 e. The van der Waals surface area contributed by atoms with Gasteiger partial charge in [-0.25, -0.2) is 4.39 Å². The van der Waals surface area contributed by atoms with Crippen LogP contribution in [0.15, 0.2) is 65.1 Å². The fourth-order valence-electron chi connectivity index (χ4n) is 2.68. The SMILES string of the molecule is NC(=O)CCOc1ccc(NC(=O)CCc2ccc(-c3ccccc3F)o2)cc1. The van der Waals surface area contributed by atoms with Crippen molar-refractivity contribution in [2.75, 3.05) is 11.9 Å². The summed E-state index contributed by atoms with van der Waals surface area (Å²) in [5.41, 5.74) is 6.07. The molecule has 7 heteroatoms. The smallest absolute Gasteiger partial charge is 0.224 e. The molecule has 1 heterocycles. The molecule has 0 aliphatic heterocycles. The van der Waals surface area contributed by atoms with Crippen molar-refractivity contribution in [2.24, 2.45) is 5.73 Å². The van der Waals surface area contributed by atoms with Crippen LogP contribution >= 0.6 is 0 Å². The van der Waals surface area contributed by atoms with Crippen molar-refractivity contribution in [3.8, 4) is 17.1 Å². The monoisotopic (exact) mass is 396 g/mol. The number of amides is 2. The molecule has 0 saturated heterocycles. The Morgan fingerprint density at radius 3 is 2.48 bits per heavy atom. The van der Waals surface area contributed by atoms with Gasteiger partial charge in [-0.2, -0.15) is 0 Å². The highest BCUT2D eigenvalue weighted by Gasteiger charge is 2.11. The molecule has 0 radical (unpaired) electrons. The first-order chi connectivity index (χ1) is 14.0. The number of rotatable bonds is 9. The lowest BCUT2D eigenvalue weighted by Gasteiger charge is -2.07. The van der Waals surface area contributed by atoms with Crippen LogP contribution in [0.2, 0.25) is 0 Å². The molecule has 2 aromatic carbocycles. The minimum atomic E-state index is -0.425. The van der Waals surface area contributed by atoms with Gasteiger partial charge in [0.1, 0.15) is 23.1 Å². The predicted molar refractivity (Wildman–Crippen MR) is 107 cm³/mol. The highest BCUT2D eigenvalue weighted by molar-refractivity contribution is 5.90. The maximum absolute atomic E-state index is 13.8. The Bertz CT molecular complexity index is 982. The third-order valence-corrected chi connectivity index (χ3v) is 4.15. The van der Waals surface area contributed by atoms with E-state index in [1.165, 1.54) is 6.07 Å². The lowest BCUT2D eigenvalue weighted by atomic mass is 10.1. The van der Waals surface area contributed by atoms with Crippen LogP contribution in [-0.4, -0.2) is 18.4 Å². The molecule has 0 bridgehead atoms. The lowest BCUT2D eigenvalue weighted by molar-refractivity contribution is -0.118. The van der Waals surface area contributed by atoms with Crippen LogP contribution in [0.25, 0.3) is 11.3 Å². The predicted octanol–water partition coefficient (Wildman–Crippen LogP) is 3.91. The molecule has 0 saturated carbocycles. The first-order valence-corrected chi connectivity index (χ1v) is 9.16. The number of halogens is 1. The van der Waals surface area contributed by atoms with Gasteiger partial charge < -0.3 is 20.2 Å². The fraction of sp³-hybridized carbons (Fsp3) is 0.182. The largest absolute Gasteiger partial charge is 0.493 e. The average molecular weight is 396 g/mol. The molecule has 3 N–H and O–H groups in total. The van der Waals surface area contributed by atoms with Crippen molar-refractivity contribution in [1.82, 2.24) is 0 Å². The standard InChI is InChI=1S/C22H21FN2O4/c23-19-4-2-1-3-18(19)20-11-9-17(29-20)10-12-22(27)25-15-5-7-16(8-6-15)28-14-13-21(24)26/h1-9,11H,10,12-14H2,(H2,24,26)(H,25,27). The number of ether oxygens (including phenoxy) is 1. The van der Waals surface area contributed by atoms with Gasteiger partial charge in [-0.3, -0.25) is 9.59 Å². The Kier molecular flexibility index (Phi) is 6.63. The Hall–Kier alpha value is -3.61. The van der Waals surface area contributed by atoms with Crippen LogP contribution in [-0.2, 0) is 16.0 Å². The molecule has 0 unspecified atom stereocenters. The van der Waals surface area contributed by atoms with Crippen molar-refractivity contribution in [2.45, 2.75) is 19.3 Å². The maximum atomic E-state index is 13.8. The van der Waals surface area contributed by atoms with E-state index in [4.69, 9.17) is 14.9 Å². The van der Waals surface area contributed by atoms with E-state index in [-0.39, 0.29) is 31.2 Å². The topological polar surface area (TPSA) is 94.6 Å². The summed E-state index contributed by atoms with van der Waals surface area (Å²) in [6.07, 6.45) is 0.763. The summed E-state index contributed by atoms with van der Waals surface area (Å²) >= 11 is 0. The van der Waals surface area contributed by atoms with Gasteiger partial charge in [0.05, 0.1) is 18.6 Å². The summed E-state index contributed by atoms with van der Waals surface area (Å²) < 4.78 is 24.8. The Labute approximate surface area is 167 Å². The number of furan rings is 1. The Morgan fingerprint density at radius 2 is 1.76 bits per heavy atom. The third-order valence-electron chi connectivity index (χ3n) is 4.15. The van der Waals surface area contributed by atoms with E-state index in [2.05, 4.69) is 5.32 Å². The van der Waals surface area contributed by atoms with E-state index in [0.717, 1.165) is 0 Å². The minimum absolute atomic E-state index is 0.143. The molecule has 0 spiro atoms. The first kappa shape index (κ1) is 20.1. The number of carbonyl (C=O) groups excluding carboxylic acids is 2. The number of nitrogens with one attached hydrogen (secondary N) is 1. The van der Waals surface area contributed by atoms with Gasteiger partial charge in [0.2, 0.25) is 11.8 Å². The van der Waals surface area contributed by atoms with E-state index in [1.54, 1.807) is 54.6 Å². The average Bonchev–Trinajstić information content (AvgIpc) is 3.17. The lowest BCUT2D eigenvalue weighted by Crippen LogP contribution is -2.14. The first-order valence-electron chi connectivity index (χ1n) is 9.16. The molecule has 6 nitrogen and oxygen atoms in total. The number of benzene rings is 2.